The Kier molecular flexibility index (Phi) is 4.77. The molecule has 1 aromatic heterocycles. The van der Waals surface area contributed by atoms with Gasteiger partial charge in [-0.25, -0.2) is 4.79 Å². The number of carboxylic acid groups (broad SMARTS) is 1. The van der Waals surface area contributed by atoms with Crippen LogP contribution < -0.4 is 5.32 Å². The van der Waals surface area contributed by atoms with Crippen LogP contribution in [-0.2, 0) is 11.3 Å². The molecule has 94 valence electrons. The first-order valence-corrected chi connectivity index (χ1v) is 6.08. The van der Waals surface area contributed by atoms with Gasteiger partial charge in [0.1, 0.15) is 6.04 Å². The lowest BCUT2D eigenvalue weighted by molar-refractivity contribution is -0.138. The van der Waals surface area contributed by atoms with Crippen molar-refractivity contribution in [1.29, 1.82) is 0 Å². The maximum atomic E-state index is 11.6. The summed E-state index contributed by atoms with van der Waals surface area (Å²) in [6.45, 7) is 1.81. The van der Waals surface area contributed by atoms with Crippen molar-refractivity contribution in [2.24, 2.45) is 0 Å². The average Bonchev–Trinajstić information content (AvgIpc) is 2.63. The highest BCUT2D eigenvalue weighted by atomic mass is 35.5. The van der Waals surface area contributed by atoms with E-state index in [4.69, 9.17) is 16.7 Å². The Bertz CT molecular complexity index is 421. The minimum atomic E-state index is -1.06. The van der Waals surface area contributed by atoms with Crippen LogP contribution in [0.1, 0.15) is 11.8 Å². The van der Waals surface area contributed by atoms with Crippen molar-refractivity contribution in [3.63, 3.8) is 0 Å². The number of nitrogens with zero attached hydrogens (tertiary/aromatic N) is 1. The standard InChI is InChI=1S/C10H13ClN2O3S/c1-6(9(14)15)12-10(16)13(2)5-7-3-4-8(11)17-7/h3-4,6H,5H2,1-2H3,(H,12,16)(H,14,15)/t6-/m1/s1. The largest absolute Gasteiger partial charge is 0.480 e. The molecule has 2 amide bonds. The molecule has 0 aliphatic rings. The summed E-state index contributed by atoms with van der Waals surface area (Å²) in [6, 6.07) is 2.26. The Hall–Kier alpha value is -1.27. The summed E-state index contributed by atoms with van der Waals surface area (Å²) >= 11 is 7.16. The highest BCUT2D eigenvalue weighted by Crippen LogP contribution is 2.22. The molecule has 5 nitrogen and oxygen atoms in total. The van der Waals surface area contributed by atoms with E-state index in [1.54, 1.807) is 13.1 Å². The number of amides is 2. The topological polar surface area (TPSA) is 69.6 Å². The summed E-state index contributed by atoms with van der Waals surface area (Å²) in [5, 5.41) is 11.0. The number of nitrogens with one attached hydrogen (secondary N) is 1. The van der Waals surface area contributed by atoms with Gasteiger partial charge in [-0.3, -0.25) is 4.79 Å². The van der Waals surface area contributed by atoms with Gasteiger partial charge in [0.15, 0.2) is 0 Å². The highest BCUT2D eigenvalue weighted by Gasteiger charge is 2.17. The van der Waals surface area contributed by atoms with Crippen LogP contribution in [0.4, 0.5) is 4.79 Å². The summed E-state index contributed by atoms with van der Waals surface area (Å²) in [5.41, 5.74) is 0. The molecule has 0 fully saturated rings. The Morgan fingerprint density at radius 1 is 1.59 bits per heavy atom. The molecule has 0 unspecified atom stereocenters. The van der Waals surface area contributed by atoms with E-state index in [1.165, 1.54) is 23.2 Å². The first kappa shape index (κ1) is 13.8. The van der Waals surface area contributed by atoms with Crippen molar-refractivity contribution >= 4 is 34.9 Å². The third-order valence-electron chi connectivity index (χ3n) is 2.08. The molecule has 0 aromatic carbocycles. The second-order valence-electron chi connectivity index (χ2n) is 3.57. The van der Waals surface area contributed by atoms with Crippen LogP contribution >= 0.6 is 22.9 Å². The molecule has 0 radical (unpaired) electrons. The van der Waals surface area contributed by atoms with E-state index >= 15 is 0 Å². The quantitative estimate of drug-likeness (QED) is 0.884. The molecule has 0 saturated heterocycles. The van der Waals surface area contributed by atoms with Crippen molar-refractivity contribution in [2.45, 2.75) is 19.5 Å². The van der Waals surface area contributed by atoms with Gasteiger partial charge in [0.05, 0.1) is 10.9 Å². The Labute approximate surface area is 108 Å². The summed E-state index contributed by atoms with van der Waals surface area (Å²) in [7, 11) is 1.59. The molecule has 17 heavy (non-hydrogen) atoms. The third kappa shape index (κ3) is 4.24. The van der Waals surface area contributed by atoms with Gasteiger partial charge in [0, 0.05) is 11.9 Å². The van der Waals surface area contributed by atoms with Gasteiger partial charge in [-0.15, -0.1) is 11.3 Å². The number of hydrogen-bond donors (Lipinski definition) is 2. The number of thiophene rings is 1. The summed E-state index contributed by atoms with van der Waals surface area (Å²) < 4.78 is 0.660. The monoisotopic (exact) mass is 276 g/mol. The summed E-state index contributed by atoms with van der Waals surface area (Å²) in [4.78, 5) is 24.5. The predicted octanol–water partition coefficient (Wildman–Crippen LogP) is 2.02. The molecule has 0 bridgehead atoms. The Morgan fingerprint density at radius 2 is 2.24 bits per heavy atom. The fourth-order valence-electron chi connectivity index (χ4n) is 1.10. The van der Waals surface area contributed by atoms with Gasteiger partial charge < -0.3 is 15.3 Å². The molecule has 1 rings (SSSR count). The number of aliphatic carboxylic acids is 1. The van der Waals surface area contributed by atoms with Gasteiger partial charge in [0.2, 0.25) is 0 Å². The van der Waals surface area contributed by atoms with Crippen molar-refractivity contribution in [3.8, 4) is 0 Å². The Morgan fingerprint density at radius 3 is 2.71 bits per heavy atom. The van der Waals surface area contributed by atoms with Crippen LogP contribution in [-0.4, -0.2) is 35.1 Å². The minimum absolute atomic E-state index is 0.398. The smallest absolute Gasteiger partial charge is 0.325 e. The predicted molar refractivity (Wildman–Crippen MR) is 66.4 cm³/mol. The SMILES string of the molecule is C[C@@H](NC(=O)N(C)Cc1ccc(Cl)s1)C(=O)O. The highest BCUT2D eigenvalue weighted by molar-refractivity contribution is 7.16. The van der Waals surface area contributed by atoms with Gasteiger partial charge in [-0.2, -0.15) is 0 Å². The molecule has 0 spiro atoms. The second kappa shape index (κ2) is 5.88. The van der Waals surface area contributed by atoms with E-state index in [0.29, 0.717) is 10.9 Å². The number of rotatable bonds is 4. The maximum Gasteiger partial charge on any atom is 0.325 e. The molecule has 0 aliphatic carbocycles. The van der Waals surface area contributed by atoms with Crippen LogP contribution in [0.5, 0.6) is 0 Å². The normalized spacial score (nSPS) is 11.9. The van der Waals surface area contributed by atoms with Gasteiger partial charge >= 0.3 is 12.0 Å². The fraction of sp³-hybridized carbons (Fsp3) is 0.400. The van der Waals surface area contributed by atoms with E-state index in [9.17, 15) is 9.59 Å². The number of carbonyl (C=O) groups excluding carboxylic acids is 1. The average molecular weight is 277 g/mol. The van der Waals surface area contributed by atoms with Gasteiger partial charge in [-0.05, 0) is 19.1 Å². The molecule has 1 heterocycles. The zero-order valence-corrected chi connectivity index (χ0v) is 11.0. The molecule has 0 aliphatic heterocycles. The minimum Gasteiger partial charge on any atom is -0.480 e. The first-order chi connectivity index (χ1) is 7.90. The number of carboxylic acids is 1. The van der Waals surface area contributed by atoms with Crippen molar-refractivity contribution < 1.29 is 14.7 Å². The van der Waals surface area contributed by atoms with Crippen molar-refractivity contribution in [2.75, 3.05) is 7.05 Å². The maximum absolute atomic E-state index is 11.6. The second-order valence-corrected chi connectivity index (χ2v) is 5.37. The number of carbonyl (C=O) groups is 2. The zero-order chi connectivity index (χ0) is 13.0. The van der Waals surface area contributed by atoms with Crippen LogP contribution in [0.25, 0.3) is 0 Å². The summed E-state index contributed by atoms with van der Waals surface area (Å²) in [5.74, 6) is -1.06. The zero-order valence-electron chi connectivity index (χ0n) is 9.44. The lowest BCUT2D eigenvalue weighted by Gasteiger charge is -2.18. The van der Waals surface area contributed by atoms with Crippen molar-refractivity contribution in [1.82, 2.24) is 10.2 Å². The van der Waals surface area contributed by atoms with Crippen LogP contribution in [0.15, 0.2) is 12.1 Å². The van der Waals surface area contributed by atoms with E-state index < -0.39 is 18.0 Å². The van der Waals surface area contributed by atoms with Crippen molar-refractivity contribution in [3.05, 3.63) is 21.3 Å². The van der Waals surface area contributed by atoms with Gasteiger partial charge in [-0.1, -0.05) is 11.6 Å². The van der Waals surface area contributed by atoms with Crippen LogP contribution in [0, 0.1) is 0 Å². The number of hydrogen-bond acceptors (Lipinski definition) is 3. The van der Waals surface area contributed by atoms with Crippen LogP contribution in [0.3, 0.4) is 0 Å². The molecular weight excluding hydrogens is 264 g/mol. The Balaban J connectivity index is 2.50. The van der Waals surface area contributed by atoms with Crippen LogP contribution in [0.2, 0.25) is 4.34 Å². The van der Waals surface area contributed by atoms with E-state index in [2.05, 4.69) is 5.32 Å². The number of urea groups is 1. The molecule has 1 aromatic rings. The van der Waals surface area contributed by atoms with E-state index in [0.717, 1.165) is 4.88 Å². The molecule has 0 saturated carbocycles. The number of halogens is 1. The fourth-order valence-corrected chi connectivity index (χ4v) is 2.24. The molecule has 1 atom stereocenters. The third-order valence-corrected chi connectivity index (χ3v) is 3.29. The molecule has 2 N–H and O–H groups in total. The van der Waals surface area contributed by atoms with E-state index in [-0.39, 0.29) is 0 Å². The lowest BCUT2D eigenvalue weighted by atomic mass is 10.3. The molecular formula is C10H13ClN2O3S. The molecule has 7 heteroatoms. The summed E-state index contributed by atoms with van der Waals surface area (Å²) in [6.07, 6.45) is 0. The first-order valence-electron chi connectivity index (χ1n) is 4.89. The van der Waals surface area contributed by atoms with Gasteiger partial charge in [0.25, 0.3) is 0 Å². The lowest BCUT2D eigenvalue weighted by Crippen LogP contribution is -2.44. The van der Waals surface area contributed by atoms with E-state index in [1.807, 2.05) is 6.07 Å².